The normalized spacial score (nSPS) is 14.8. The average molecular weight is 1260 g/mol. The SMILES string of the molecule is CCCCCCCCCCCCCC(=O)OCC(CSC1CC(=O)N(CCC(=O)N[C@@H](Cc2c[nH]c3ccccc23)C(=O)N[C@@H](CCCC)C(=O)N[C@@H](CC(=O)O)C(=O)N[C@@H](Cc2ccccc2)C(N)=O)C1=O)OC(=O)CCCCCCCCCCCCC. The van der Waals surface area contributed by atoms with Crippen molar-refractivity contribution < 1.29 is 62.5 Å². The van der Waals surface area contributed by atoms with Gasteiger partial charge in [-0.15, -0.1) is 11.8 Å². The molecule has 1 aliphatic rings. The number of esters is 2. The Labute approximate surface area is 531 Å². The van der Waals surface area contributed by atoms with Crippen molar-refractivity contribution in [3.8, 4) is 0 Å². The average Bonchev–Trinajstić information content (AvgIpc) is 1.93. The van der Waals surface area contributed by atoms with Gasteiger partial charge in [0.25, 0.3) is 0 Å². The number of rotatable bonds is 50. The lowest BCUT2D eigenvalue weighted by molar-refractivity contribution is -0.157. The minimum atomic E-state index is -1.68. The van der Waals surface area contributed by atoms with E-state index in [1.54, 1.807) is 36.5 Å². The zero-order valence-corrected chi connectivity index (χ0v) is 54.1. The van der Waals surface area contributed by atoms with Crippen molar-refractivity contribution >= 4 is 81.9 Å². The molecule has 0 radical (unpaired) electrons. The third kappa shape index (κ3) is 30.1. The number of nitrogens with two attached hydrogens (primary N) is 1. The summed E-state index contributed by atoms with van der Waals surface area (Å²) in [5, 5.41) is 20.1. The van der Waals surface area contributed by atoms with Crippen LogP contribution in [0.2, 0.25) is 0 Å². The second-order valence-electron chi connectivity index (χ2n) is 23.7. The molecular formula is C68H103N7O13S. The van der Waals surface area contributed by atoms with Crippen molar-refractivity contribution in [2.75, 3.05) is 18.9 Å². The van der Waals surface area contributed by atoms with Crippen LogP contribution in [0.5, 0.6) is 0 Å². The summed E-state index contributed by atoms with van der Waals surface area (Å²) in [6, 6.07) is 10.5. The van der Waals surface area contributed by atoms with Gasteiger partial charge in [-0.25, -0.2) is 0 Å². The molecule has 3 aromatic rings. The first-order valence-corrected chi connectivity index (χ1v) is 34.2. The van der Waals surface area contributed by atoms with Crippen molar-refractivity contribution in [3.05, 3.63) is 71.9 Å². The summed E-state index contributed by atoms with van der Waals surface area (Å²) in [5.74, 6) is -7.45. The van der Waals surface area contributed by atoms with Gasteiger partial charge in [0.15, 0.2) is 0 Å². The highest BCUT2D eigenvalue weighted by Gasteiger charge is 2.40. The first-order chi connectivity index (χ1) is 43.0. The summed E-state index contributed by atoms with van der Waals surface area (Å²) in [4.78, 5) is 138. The van der Waals surface area contributed by atoms with E-state index in [-0.39, 0.29) is 63.9 Å². The molecule has 0 spiro atoms. The highest BCUT2D eigenvalue weighted by Crippen LogP contribution is 2.28. The lowest BCUT2D eigenvalue weighted by Gasteiger charge is -2.26. The number of H-pyrrole nitrogens is 1. The number of fused-ring (bicyclic) bond motifs is 1. The number of carbonyl (C=O) groups is 10. The molecule has 1 aromatic heterocycles. The Hall–Kier alpha value is -6.77. The van der Waals surface area contributed by atoms with Crippen LogP contribution in [0.4, 0.5) is 0 Å². The van der Waals surface area contributed by atoms with Crippen molar-refractivity contribution in [1.29, 1.82) is 0 Å². The largest absolute Gasteiger partial charge is 0.481 e. The number of carboxylic acid groups (broad SMARTS) is 1. The Bertz CT molecular complexity index is 2650. The Morgan fingerprint density at radius 2 is 1.12 bits per heavy atom. The highest BCUT2D eigenvalue weighted by molar-refractivity contribution is 8.00. The molecule has 8 N–H and O–H groups in total. The van der Waals surface area contributed by atoms with Gasteiger partial charge in [0.05, 0.1) is 11.7 Å². The molecule has 1 saturated heterocycles. The zero-order valence-electron chi connectivity index (χ0n) is 53.3. The predicted molar refractivity (Wildman–Crippen MR) is 346 cm³/mol. The molecule has 21 heteroatoms. The first-order valence-electron chi connectivity index (χ1n) is 33.1. The lowest BCUT2D eigenvalue weighted by Crippen LogP contribution is -2.58. The van der Waals surface area contributed by atoms with Crippen LogP contribution in [0.15, 0.2) is 60.8 Å². The smallest absolute Gasteiger partial charge is 0.306 e. The molecule has 2 aromatic carbocycles. The lowest BCUT2D eigenvalue weighted by atomic mass is 10.0. The van der Waals surface area contributed by atoms with Crippen molar-refractivity contribution in [2.45, 2.75) is 262 Å². The number of primary amides is 1. The maximum Gasteiger partial charge on any atom is 0.306 e. The van der Waals surface area contributed by atoms with Crippen LogP contribution >= 0.6 is 11.8 Å². The number of thioether (sulfide) groups is 1. The molecule has 1 aliphatic heterocycles. The van der Waals surface area contributed by atoms with E-state index in [0.29, 0.717) is 36.8 Å². The van der Waals surface area contributed by atoms with Gasteiger partial charge in [-0.2, -0.15) is 0 Å². The van der Waals surface area contributed by atoms with Gasteiger partial charge in [-0.1, -0.05) is 211 Å². The van der Waals surface area contributed by atoms with Crippen LogP contribution in [-0.2, 0) is 70.3 Å². The number of amides is 7. The number of hydrogen-bond acceptors (Lipinski definition) is 13. The van der Waals surface area contributed by atoms with Gasteiger partial charge in [-0.05, 0) is 36.5 Å². The standard InChI is InChI=1S/C68H103N7O13S/c1-4-7-10-12-14-16-18-20-22-24-29-38-62(80)87-47-51(88-63(81)39-30-25-23-21-19-17-15-13-11-8-5-2)48-89-58-45-60(77)75(68(58)86)41-40-59(76)71-56(43-50-46-70-53-37-32-31-35-52(50)53)66(84)72-54(36-9-6-3)65(83)74-57(44-61(78)79)67(85)73-55(64(69)82)42-49-33-27-26-28-34-49/h26-28,31-35,37,46,51,54-58,70H,4-25,29-30,36,38-45,47-48H2,1-3H3,(H2,69,82)(H,71,76)(H,72,84)(H,73,85)(H,74,83)(H,78,79)/t51?,54-,55-,56-,57-,58?/m0/s1. The number of aromatic amines is 1. The van der Waals surface area contributed by atoms with Gasteiger partial charge in [0.1, 0.15) is 36.9 Å². The number of nitrogens with zero attached hydrogens (tertiary/aromatic N) is 1. The van der Waals surface area contributed by atoms with Crippen LogP contribution in [0.1, 0.15) is 225 Å². The van der Waals surface area contributed by atoms with Gasteiger partial charge < -0.3 is 46.6 Å². The van der Waals surface area contributed by atoms with E-state index < -0.39 is 101 Å². The Morgan fingerprint density at radius 3 is 1.71 bits per heavy atom. The molecule has 89 heavy (non-hydrogen) atoms. The van der Waals surface area contributed by atoms with Crippen molar-refractivity contribution in [3.63, 3.8) is 0 Å². The number of carbonyl (C=O) groups excluding carboxylic acids is 9. The van der Waals surface area contributed by atoms with Gasteiger partial charge >= 0.3 is 17.9 Å². The van der Waals surface area contributed by atoms with E-state index in [2.05, 4.69) is 40.1 Å². The first kappa shape index (κ1) is 74.7. The molecule has 6 atom stereocenters. The monoisotopic (exact) mass is 1260 g/mol. The number of aliphatic carboxylic acids is 1. The minimum Gasteiger partial charge on any atom is -0.481 e. The summed E-state index contributed by atoms with van der Waals surface area (Å²) in [7, 11) is 0. The number of aromatic nitrogens is 1. The predicted octanol–water partition coefficient (Wildman–Crippen LogP) is 10.2. The molecule has 0 aliphatic carbocycles. The summed E-state index contributed by atoms with van der Waals surface area (Å²) in [5.41, 5.74) is 7.70. The second-order valence-corrected chi connectivity index (χ2v) is 25.0. The van der Waals surface area contributed by atoms with Crippen LogP contribution in [0.3, 0.4) is 0 Å². The van der Waals surface area contributed by atoms with Crippen LogP contribution in [-0.4, -0.2) is 129 Å². The third-order valence-corrected chi connectivity index (χ3v) is 17.5. The fourth-order valence-electron chi connectivity index (χ4n) is 10.9. The summed E-state index contributed by atoms with van der Waals surface area (Å²) >= 11 is 1.12. The highest BCUT2D eigenvalue weighted by atomic mass is 32.2. The fourth-order valence-corrected chi connectivity index (χ4v) is 12.0. The summed E-state index contributed by atoms with van der Waals surface area (Å²) < 4.78 is 11.5. The third-order valence-electron chi connectivity index (χ3n) is 16.1. The minimum absolute atomic E-state index is 0.000845. The number of nitrogens with one attached hydrogen (secondary N) is 5. The van der Waals surface area contributed by atoms with Crippen LogP contribution in [0, 0.1) is 0 Å². The number of para-hydroxylation sites is 1. The zero-order chi connectivity index (χ0) is 64.6. The van der Waals surface area contributed by atoms with Gasteiger partial charge in [0.2, 0.25) is 41.4 Å². The van der Waals surface area contributed by atoms with E-state index in [1.165, 1.54) is 89.9 Å². The number of hydrogen-bond donors (Lipinski definition) is 7. The Kier molecular flexibility index (Phi) is 36.8. The van der Waals surface area contributed by atoms with Gasteiger partial charge in [-0.3, -0.25) is 52.8 Å². The van der Waals surface area contributed by atoms with E-state index in [4.69, 9.17) is 15.2 Å². The number of likely N-dealkylation sites (tertiary alicyclic amines) is 1. The van der Waals surface area contributed by atoms with E-state index in [1.807, 2.05) is 31.2 Å². The number of carboxylic acids is 1. The van der Waals surface area contributed by atoms with Crippen molar-refractivity contribution in [2.24, 2.45) is 5.73 Å². The number of ether oxygens (including phenoxy) is 2. The summed E-state index contributed by atoms with van der Waals surface area (Å²) in [6.45, 7) is 5.78. The number of imide groups is 1. The molecule has 0 bridgehead atoms. The molecule has 2 unspecified atom stereocenters. The molecule has 1 fully saturated rings. The second kappa shape index (κ2) is 43.8. The maximum atomic E-state index is 14.4. The van der Waals surface area contributed by atoms with Crippen LogP contribution in [0.25, 0.3) is 10.9 Å². The Morgan fingerprint density at radius 1 is 0.607 bits per heavy atom. The molecule has 4 rings (SSSR count). The fraction of sp³-hybridized carbons (Fsp3) is 0.647. The summed E-state index contributed by atoms with van der Waals surface area (Å²) in [6.07, 6.45) is 25.8. The van der Waals surface area contributed by atoms with E-state index >= 15 is 0 Å². The number of unbranched alkanes of at least 4 members (excludes halogenated alkanes) is 21. The molecule has 7 amide bonds. The van der Waals surface area contributed by atoms with E-state index in [0.717, 1.165) is 66.1 Å². The molecule has 2 heterocycles. The topological polar surface area (TPSA) is 303 Å². The van der Waals surface area contributed by atoms with E-state index in [9.17, 15) is 53.1 Å². The quantitative estimate of drug-likeness (QED) is 0.0157. The molecule has 20 nitrogen and oxygen atoms in total. The number of benzene rings is 2. The maximum absolute atomic E-state index is 14.4. The Balaban J connectivity index is 1.38. The molecule has 0 saturated carbocycles. The van der Waals surface area contributed by atoms with Gasteiger partial charge in [0, 0.05) is 67.9 Å². The molecular weight excluding hydrogens is 1150 g/mol. The van der Waals surface area contributed by atoms with Crippen LogP contribution < -0.4 is 27.0 Å². The van der Waals surface area contributed by atoms with Crippen molar-refractivity contribution in [1.82, 2.24) is 31.2 Å². The molecule has 494 valence electrons.